The molecule has 1 aromatic heterocycles. The van der Waals surface area contributed by atoms with Gasteiger partial charge in [0.2, 0.25) is 5.91 Å². The molecule has 1 aliphatic rings. The molecular weight excluding hydrogens is 258 g/mol. The van der Waals surface area contributed by atoms with Crippen LogP contribution in [0.3, 0.4) is 0 Å². The summed E-state index contributed by atoms with van der Waals surface area (Å²) in [5.41, 5.74) is 2.16. The maximum absolute atomic E-state index is 12.0. The number of hydrogen-bond donors (Lipinski definition) is 2. The molecule has 19 heavy (non-hydrogen) atoms. The van der Waals surface area contributed by atoms with E-state index in [9.17, 15) is 9.90 Å². The highest BCUT2D eigenvalue weighted by atomic mass is 32.1. The van der Waals surface area contributed by atoms with Gasteiger partial charge in [0, 0.05) is 11.3 Å². The number of thiophene rings is 1. The maximum atomic E-state index is 12.0. The van der Waals surface area contributed by atoms with E-state index in [2.05, 4.69) is 5.32 Å². The molecule has 1 amide bonds. The zero-order chi connectivity index (χ0) is 13.2. The molecule has 0 aliphatic heterocycles. The Morgan fingerprint density at radius 2 is 2.16 bits per heavy atom. The van der Waals surface area contributed by atoms with Gasteiger partial charge in [-0.3, -0.25) is 4.79 Å². The topological polar surface area (TPSA) is 49.3 Å². The summed E-state index contributed by atoms with van der Waals surface area (Å²) in [4.78, 5) is 13.0. The molecule has 1 aromatic carbocycles. The zero-order valence-corrected chi connectivity index (χ0v) is 11.2. The minimum absolute atomic E-state index is 0.0387. The van der Waals surface area contributed by atoms with E-state index in [4.69, 9.17) is 0 Å². The lowest BCUT2D eigenvalue weighted by atomic mass is 10.1. The zero-order valence-electron chi connectivity index (χ0n) is 10.4. The monoisotopic (exact) mass is 273 g/mol. The van der Waals surface area contributed by atoms with Crippen molar-refractivity contribution in [3.8, 4) is 0 Å². The second-order valence-electron chi connectivity index (χ2n) is 4.77. The van der Waals surface area contributed by atoms with Crippen molar-refractivity contribution in [2.24, 2.45) is 0 Å². The van der Waals surface area contributed by atoms with Crippen molar-refractivity contribution >= 4 is 17.2 Å². The molecule has 1 heterocycles. The number of nitrogens with one attached hydrogen (secondary N) is 1. The molecule has 2 atom stereocenters. The van der Waals surface area contributed by atoms with Crippen LogP contribution in [0.1, 0.15) is 22.0 Å². The van der Waals surface area contributed by atoms with Crippen molar-refractivity contribution in [1.82, 2.24) is 5.32 Å². The number of carbonyl (C=O) groups is 1. The molecule has 2 N–H and O–H groups in total. The van der Waals surface area contributed by atoms with Gasteiger partial charge < -0.3 is 10.4 Å². The van der Waals surface area contributed by atoms with Crippen molar-refractivity contribution in [2.75, 3.05) is 0 Å². The summed E-state index contributed by atoms with van der Waals surface area (Å²) in [7, 11) is 0. The van der Waals surface area contributed by atoms with Crippen LogP contribution in [0, 0.1) is 0 Å². The van der Waals surface area contributed by atoms with Gasteiger partial charge in [-0.15, -0.1) is 11.3 Å². The van der Waals surface area contributed by atoms with Gasteiger partial charge in [0.1, 0.15) is 0 Å². The fourth-order valence-electron chi connectivity index (χ4n) is 2.54. The minimum atomic E-state index is -0.523. The average Bonchev–Trinajstić information content (AvgIpc) is 2.99. The first kappa shape index (κ1) is 12.4. The number of hydrogen-bond acceptors (Lipinski definition) is 3. The smallest absolute Gasteiger partial charge is 0.225 e. The van der Waals surface area contributed by atoms with Crippen LogP contribution in [0.2, 0.25) is 0 Å². The van der Waals surface area contributed by atoms with Gasteiger partial charge in [-0.05, 0) is 22.6 Å². The Hall–Kier alpha value is -1.65. The van der Waals surface area contributed by atoms with Crippen LogP contribution in [0.25, 0.3) is 0 Å². The van der Waals surface area contributed by atoms with E-state index < -0.39 is 6.10 Å². The van der Waals surface area contributed by atoms with Gasteiger partial charge in [0.15, 0.2) is 0 Å². The van der Waals surface area contributed by atoms with Crippen molar-refractivity contribution in [1.29, 1.82) is 0 Å². The Balaban J connectivity index is 1.71. The van der Waals surface area contributed by atoms with E-state index in [-0.39, 0.29) is 11.9 Å². The number of fused-ring (bicyclic) bond motifs is 1. The molecule has 0 saturated carbocycles. The molecule has 0 unspecified atom stereocenters. The van der Waals surface area contributed by atoms with E-state index >= 15 is 0 Å². The number of amides is 1. The third-order valence-corrected chi connectivity index (χ3v) is 4.31. The van der Waals surface area contributed by atoms with Gasteiger partial charge in [-0.1, -0.05) is 30.3 Å². The van der Waals surface area contributed by atoms with Gasteiger partial charge >= 0.3 is 0 Å². The fraction of sp³-hybridized carbons (Fsp3) is 0.267. The summed E-state index contributed by atoms with van der Waals surface area (Å²) in [5.74, 6) is -0.0387. The summed E-state index contributed by atoms with van der Waals surface area (Å²) >= 11 is 1.57. The number of carbonyl (C=O) groups excluding carboxylic acids is 1. The predicted molar refractivity (Wildman–Crippen MR) is 75.1 cm³/mol. The number of aliphatic hydroxyl groups is 1. The van der Waals surface area contributed by atoms with Crippen LogP contribution in [0.5, 0.6) is 0 Å². The molecule has 2 aromatic rings. The Labute approximate surface area is 115 Å². The van der Waals surface area contributed by atoms with Gasteiger partial charge in [-0.2, -0.15) is 0 Å². The van der Waals surface area contributed by atoms with E-state index in [0.29, 0.717) is 12.8 Å². The Bertz CT molecular complexity index is 580. The normalized spacial score (nSPS) is 21.1. The Morgan fingerprint density at radius 3 is 2.95 bits per heavy atom. The van der Waals surface area contributed by atoms with Crippen molar-refractivity contribution in [3.63, 3.8) is 0 Å². The third-order valence-electron chi connectivity index (χ3n) is 3.44. The number of aliphatic hydroxyl groups excluding tert-OH is 1. The molecule has 3 rings (SSSR count). The quantitative estimate of drug-likeness (QED) is 0.899. The molecule has 0 spiro atoms. The van der Waals surface area contributed by atoms with E-state index in [1.54, 1.807) is 11.3 Å². The van der Waals surface area contributed by atoms with Crippen LogP contribution < -0.4 is 5.32 Å². The van der Waals surface area contributed by atoms with Crippen molar-refractivity contribution in [3.05, 3.63) is 57.8 Å². The lowest BCUT2D eigenvalue weighted by molar-refractivity contribution is -0.121. The van der Waals surface area contributed by atoms with Crippen LogP contribution in [-0.2, 0) is 17.6 Å². The van der Waals surface area contributed by atoms with Gasteiger partial charge in [-0.25, -0.2) is 0 Å². The Kier molecular flexibility index (Phi) is 3.36. The first-order valence-electron chi connectivity index (χ1n) is 6.31. The van der Waals surface area contributed by atoms with E-state index in [0.717, 1.165) is 16.0 Å². The third kappa shape index (κ3) is 2.55. The second-order valence-corrected chi connectivity index (χ2v) is 5.80. The first-order valence-corrected chi connectivity index (χ1v) is 7.19. The molecule has 98 valence electrons. The standard InChI is InChI=1S/C15H15NO2S/c17-13-8-10-4-1-2-6-12(10)15(13)16-14(18)9-11-5-3-7-19-11/h1-7,13,15,17H,8-9H2,(H,16,18)/t13-,15+/m0/s1. The summed E-state index contributed by atoms with van der Waals surface area (Å²) in [5, 5.41) is 15.0. The van der Waals surface area contributed by atoms with Crippen LogP contribution in [0.15, 0.2) is 41.8 Å². The van der Waals surface area contributed by atoms with E-state index in [1.165, 1.54) is 0 Å². The molecule has 0 saturated heterocycles. The Morgan fingerprint density at radius 1 is 1.32 bits per heavy atom. The SMILES string of the molecule is O=C(Cc1cccs1)N[C@@H]1c2ccccc2C[C@@H]1O. The van der Waals surface area contributed by atoms with Crippen LogP contribution >= 0.6 is 11.3 Å². The highest BCUT2D eigenvalue weighted by molar-refractivity contribution is 7.10. The summed E-state index contributed by atoms with van der Waals surface area (Å²) in [6.07, 6.45) is 0.466. The van der Waals surface area contributed by atoms with Gasteiger partial charge in [0.25, 0.3) is 0 Å². The lowest BCUT2D eigenvalue weighted by Crippen LogP contribution is -2.34. The van der Waals surface area contributed by atoms with Crippen LogP contribution in [-0.4, -0.2) is 17.1 Å². The molecule has 4 heteroatoms. The van der Waals surface area contributed by atoms with E-state index in [1.807, 2.05) is 41.8 Å². The molecule has 3 nitrogen and oxygen atoms in total. The largest absolute Gasteiger partial charge is 0.390 e. The maximum Gasteiger partial charge on any atom is 0.225 e. The summed E-state index contributed by atoms with van der Waals surface area (Å²) in [6, 6.07) is 11.5. The first-order chi connectivity index (χ1) is 9.24. The molecular formula is C15H15NO2S. The van der Waals surface area contributed by atoms with Crippen LogP contribution in [0.4, 0.5) is 0 Å². The fourth-order valence-corrected chi connectivity index (χ4v) is 3.25. The van der Waals surface area contributed by atoms with Gasteiger partial charge in [0.05, 0.1) is 18.6 Å². The molecule has 0 bridgehead atoms. The lowest BCUT2D eigenvalue weighted by Gasteiger charge is -2.17. The summed E-state index contributed by atoms with van der Waals surface area (Å²) in [6.45, 7) is 0. The predicted octanol–water partition coefficient (Wildman–Crippen LogP) is 2.07. The molecule has 1 aliphatic carbocycles. The number of benzene rings is 1. The minimum Gasteiger partial charge on any atom is -0.390 e. The average molecular weight is 273 g/mol. The van der Waals surface area contributed by atoms with Crippen molar-refractivity contribution in [2.45, 2.75) is 25.0 Å². The second kappa shape index (κ2) is 5.15. The summed E-state index contributed by atoms with van der Waals surface area (Å²) < 4.78 is 0. The number of rotatable bonds is 3. The molecule has 0 radical (unpaired) electrons. The highest BCUT2D eigenvalue weighted by Crippen LogP contribution is 2.31. The highest BCUT2D eigenvalue weighted by Gasteiger charge is 2.31. The molecule has 0 fully saturated rings. The van der Waals surface area contributed by atoms with Crippen molar-refractivity contribution < 1.29 is 9.90 Å².